The number of anilines is 1. The van der Waals surface area contributed by atoms with Gasteiger partial charge in [-0.1, -0.05) is 18.2 Å². The molecule has 1 aromatic heterocycles. The van der Waals surface area contributed by atoms with Crippen LogP contribution in [0.25, 0.3) is 0 Å². The Labute approximate surface area is 166 Å². The monoisotopic (exact) mass is 380 g/mol. The SMILES string of the molecule is O=C(NCCN1CCN(c2ncccn2)CC1)NCc1ccc2c(c1)CCC2. The van der Waals surface area contributed by atoms with E-state index in [0.29, 0.717) is 13.1 Å². The van der Waals surface area contributed by atoms with Gasteiger partial charge in [0.25, 0.3) is 0 Å². The zero-order chi connectivity index (χ0) is 19.2. The van der Waals surface area contributed by atoms with Crippen LogP contribution in [-0.4, -0.2) is 60.2 Å². The van der Waals surface area contributed by atoms with Crippen molar-refractivity contribution in [1.82, 2.24) is 25.5 Å². The van der Waals surface area contributed by atoms with Gasteiger partial charge in [-0.05, 0) is 42.0 Å². The third-order valence-electron chi connectivity index (χ3n) is 5.54. The first-order chi connectivity index (χ1) is 13.8. The highest BCUT2D eigenvalue weighted by molar-refractivity contribution is 5.73. The average Bonchev–Trinajstić information content (AvgIpc) is 3.21. The van der Waals surface area contributed by atoms with Crippen molar-refractivity contribution < 1.29 is 4.79 Å². The molecule has 2 N–H and O–H groups in total. The van der Waals surface area contributed by atoms with Crippen molar-refractivity contribution in [3.8, 4) is 0 Å². The molecule has 0 unspecified atom stereocenters. The van der Waals surface area contributed by atoms with Gasteiger partial charge in [-0.2, -0.15) is 0 Å². The lowest BCUT2D eigenvalue weighted by atomic mass is 10.1. The Hall–Kier alpha value is -2.67. The maximum absolute atomic E-state index is 12.1. The molecule has 1 aromatic carbocycles. The summed E-state index contributed by atoms with van der Waals surface area (Å²) in [5, 5.41) is 5.93. The van der Waals surface area contributed by atoms with Gasteiger partial charge >= 0.3 is 6.03 Å². The second kappa shape index (κ2) is 9.01. The van der Waals surface area contributed by atoms with Crippen molar-refractivity contribution in [2.45, 2.75) is 25.8 Å². The molecule has 1 aliphatic carbocycles. The van der Waals surface area contributed by atoms with Crippen LogP contribution in [0.1, 0.15) is 23.1 Å². The third kappa shape index (κ3) is 4.78. The molecule has 7 nitrogen and oxygen atoms in total. The number of aromatic nitrogens is 2. The first-order valence-electron chi connectivity index (χ1n) is 10.1. The van der Waals surface area contributed by atoms with E-state index in [-0.39, 0.29) is 6.03 Å². The van der Waals surface area contributed by atoms with E-state index < -0.39 is 0 Å². The van der Waals surface area contributed by atoms with Crippen LogP contribution in [0, 0.1) is 0 Å². The summed E-state index contributed by atoms with van der Waals surface area (Å²) in [6.45, 7) is 5.82. The number of carbonyl (C=O) groups is 1. The molecule has 7 heteroatoms. The fourth-order valence-electron chi connectivity index (χ4n) is 3.93. The number of urea groups is 1. The molecule has 0 bridgehead atoms. The molecule has 0 saturated carbocycles. The van der Waals surface area contributed by atoms with Crippen LogP contribution in [0.4, 0.5) is 10.7 Å². The van der Waals surface area contributed by atoms with Gasteiger partial charge < -0.3 is 15.5 Å². The summed E-state index contributed by atoms with van der Waals surface area (Å²) in [6, 6.07) is 8.30. The van der Waals surface area contributed by atoms with Crippen LogP contribution in [0.2, 0.25) is 0 Å². The fourth-order valence-corrected chi connectivity index (χ4v) is 3.93. The summed E-state index contributed by atoms with van der Waals surface area (Å²) in [5.41, 5.74) is 4.09. The Balaban J connectivity index is 1.12. The van der Waals surface area contributed by atoms with Gasteiger partial charge in [-0.3, -0.25) is 4.90 Å². The Morgan fingerprint density at radius 2 is 1.79 bits per heavy atom. The van der Waals surface area contributed by atoms with Crippen LogP contribution >= 0.6 is 0 Å². The lowest BCUT2D eigenvalue weighted by Gasteiger charge is -2.34. The highest BCUT2D eigenvalue weighted by Crippen LogP contribution is 2.22. The van der Waals surface area contributed by atoms with Gasteiger partial charge in [0.15, 0.2) is 0 Å². The van der Waals surface area contributed by atoms with E-state index in [1.54, 1.807) is 12.4 Å². The van der Waals surface area contributed by atoms with E-state index in [1.807, 2.05) is 6.07 Å². The molecule has 2 aliphatic rings. The minimum Gasteiger partial charge on any atom is -0.338 e. The second-order valence-electron chi connectivity index (χ2n) is 7.44. The summed E-state index contributed by atoms with van der Waals surface area (Å²) in [4.78, 5) is 25.2. The molecule has 1 aliphatic heterocycles. The highest BCUT2D eigenvalue weighted by Gasteiger charge is 2.18. The molecule has 28 heavy (non-hydrogen) atoms. The largest absolute Gasteiger partial charge is 0.338 e. The van der Waals surface area contributed by atoms with Crippen LogP contribution in [0.5, 0.6) is 0 Å². The van der Waals surface area contributed by atoms with Crippen LogP contribution in [-0.2, 0) is 19.4 Å². The Kier molecular flexibility index (Phi) is 6.01. The first-order valence-corrected chi connectivity index (χ1v) is 10.1. The zero-order valence-corrected chi connectivity index (χ0v) is 16.2. The Bertz CT molecular complexity index is 789. The quantitative estimate of drug-likeness (QED) is 0.796. The van der Waals surface area contributed by atoms with Crippen molar-refractivity contribution >= 4 is 12.0 Å². The zero-order valence-electron chi connectivity index (χ0n) is 16.2. The minimum atomic E-state index is -0.100. The Morgan fingerprint density at radius 3 is 2.61 bits per heavy atom. The number of hydrogen-bond donors (Lipinski definition) is 2. The molecule has 4 rings (SSSR count). The van der Waals surface area contributed by atoms with E-state index in [9.17, 15) is 4.79 Å². The smallest absolute Gasteiger partial charge is 0.315 e. The number of amides is 2. The lowest BCUT2D eigenvalue weighted by Crippen LogP contribution is -2.49. The summed E-state index contributed by atoms with van der Waals surface area (Å²) >= 11 is 0. The summed E-state index contributed by atoms with van der Waals surface area (Å²) < 4.78 is 0. The maximum Gasteiger partial charge on any atom is 0.315 e. The molecule has 0 spiro atoms. The van der Waals surface area contributed by atoms with E-state index in [1.165, 1.54) is 36.0 Å². The van der Waals surface area contributed by atoms with E-state index in [2.05, 4.69) is 48.6 Å². The first kappa shape index (κ1) is 18.7. The van der Waals surface area contributed by atoms with Crippen LogP contribution in [0.15, 0.2) is 36.7 Å². The van der Waals surface area contributed by atoms with E-state index in [0.717, 1.165) is 38.7 Å². The Morgan fingerprint density at radius 1 is 1.00 bits per heavy atom. The molecular weight excluding hydrogens is 352 g/mol. The van der Waals surface area contributed by atoms with Crippen LogP contribution < -0.4 is 15.5 Å². The number of nitrogens with zero attached hydrogens (tertiary/aromatic N) is 4. The third-order valence-corrected chi connectivity index (χ3v) is 5.54. The molecule has 0 radical (unpaired) electrons. The van der Waals surface area contributed by atoms with Gasteiger partial charge in [-0.25, -0.2) is 14.8 Å². The summed E-state index contributed by atoms with van der Waals surface area (Å²) in [5.74, 6) is 0.797. The van der Waals surface area contributed by atoms with Crippen molar-refractivity contribution in [2.24, 2.45) is 0 Å². The number of rotatable bonds is 6. The van der Waals surface area contributed by atoms with Crippen molar-refractivity contribution in [1.29, 1.82) is 0 Å². The lowest BCUT2D eigenvalue weighted by molar-refractivity contribution is 0.231. The van der Waals surface area contributed by atoms with Crippen molar-refractivity contribution in [2.75, 3.05) is 44.2 Å². The highest BCUT2D eigenvalue weighted by atomic mass is 16.2. The number of nitrogens with one attached hydrogen (secondary N) is 2. The minimum absolute atomic E-state index is 0.100. The standard InChI is InChI=1S/C21H28N6O/c28-21(25-16-17-5-6-18-3-1-4-19(18)15-17)24-9-10-26-11-13-27(14-12-26)20-22-7-2-8-23-20/h2,5-8,15H,1,3-4,9-14,16H2,(H2,24,25,28). The number of benzene rings is 1. The number of piperazine rings is 1. The van der Waals surface area contributed by atoms with Crippen molar-refractivity contribution in [3.05, 3.63) is 53.3 Å². The fraction of sp³-hybridized carbons (Fsp3) is 0.476. The predicted molar refractivity (Wildman–Crippen MR) is 109 cm³/mol. The molecule has 0 atom stereocenters. The number of hydrogen-bond acceptors (Lipinski definition) is 5. The molecule has 148 valence electrons. The average molecular weight is 380 g/mol. The number of carbonyl (C=O) groups excluding carboxylic acids is 1. The topological polar surface area (TPSA) is 73.4 Å². The van der Waals surface area contributed by atoms with Crippen LogP contribution in [0.3, 0.4) is 0 Å². The van der Waals surface area contributed by atoms with Gasteiger partial charge in [0.2, 0.25) is 5.95 Å². The normalized spacial score (nSPS) is 16.6. The summed E-state index contributed by atoms with van der Waals surface area (Å²) in [6.07, 6.45) is 7.16. The molecule has 1 saturated heterocycles. The number of aryl methyl sites for hydroxylation is 2. The maximum atomic E-state index is 12.1. The molecule has 2 heterocycles. The molecule has 2 amide bonds. The molecular formula is C21H28N6O. The predicted octanol–water partition coefficient (Wildman–Crippen LogP) is 1.59. The summed E-state index contributed by atoms with van der Waals surface area (Å²) in [7, 11) is 0. The van der Waals surface area contributed by atoms with Gasteiger partial charge in [-0.15, -0.1) is 0 Å². The number of fused-ring (bicyclic) bond motifs is 1. The van der Waals surface area contributed by atoms with Gasteiger partial charge in [0.1, 0.15) is 0 Å². The second-order valence-corrected chi connectivity index (χ2v) is 7.44. The van der Waals surface area contributed by atoms with Gasteiger partial charge in [0, 0.05) is 58.2 Å². The van der Waals surface area contributed by atoms with E-state index in [4.69, 9.17) is 0 Å². The molecule has 1 fully saturated rings. The van der Waals surface area contributed by atoms with E-state index >= 15 is 0 Å². The molecule has 2 aromatic rings. The van der Waals surface area contributed by atoms with Crippen molar-refractivity contribution in [3.63, 3.8) is 0 Å². The van der Waals surface area contributed by atoms with Gasteiger partial charge in [0.05, 0.1) is 0 Å².